The van der Waals surface area contributed by atoms with Crippen LogP contribution in [-0.4, -0.2) is 33.6 Å². The maximum atomic E-state index is 14.1. The predicted octanol–water partition coefficient (Wildman–Crippen LogP) is 5.37. The third-order valence-corrected chi connectivity index (χ3v) is 7.30. The smallest absolute Gasteiger partial charge is 0.272 e. The molecule has 2 unspecified atom stereocenters. The molecule has 2 atom stereocenters. The summed E-state index contributed by atoms with van der Waals surface area (Å²) >= 11 is 0. The maximum Gasteiger partial charge on any atom is 0.272 e. The summed E-state index contributed by atoms with van der Waals surface area (Å²) in [5.74, 6) is -2.42. The first kappa shape index (κ1) is 25.1. The van der Waals surface area contributed by atoms with Crippen molar-refractivity contribution in [3.63, 3.8) is 0 Å². The monoisotopic (exact) mass is 532 g/mol. The number of nitrogens with zero attached hydrogens (tertiary/aromatic N) is 1. The van der Waals surface area contributed by atoms with Crippen LogP contribution in [0.4, 0.5) is 4.39 Å². The number of H-pyrrole nitrogens is 1. The fraction of sp³-hybridized carbons (Fsp3) is 0.0938. The van der Waals surface area contributed by atoms with E-state index in [0.29, 0.717) is 5.56 Å². The van der Waals surface area contributed by atoms with Crippen LogP contribution >= 0.6 is 0 Å². The van der Waals surface area contributed by atoms with E-state index < -0.39 is 29.7 Å². The number of hydrogen-bond donors (Lipinski definition) is 3. The van der Waals surface area contributed by atoms with Gasteiger partial charge < -0.3 is 9.88 Å². The molecule has 5 aromatic rings. The molecule has 0 radical (unpaired) electrons. The summed E-state index contributed by atoms with van der Waals surface area (Å²) in [4.78, 5) is 44.8. The normalized spacial score (nSPS) is 15.1. The van der Waals surface area contributed by atoms with E-state index in [-0.39, 0.29) is 11.5 Å². The van der Waals surface area contributed by atoms with Crippen molar-refractivity contribution in [2.45, 2.75) is 19.0 Å². The van der Waals surface area contributed by atoms with Gasteiger partial charge in [-0.25, -0.2) is 4.39 Å². The molecule has 3 N–H and O–H groups in total. The van der Waals surface area contributed by atoms with Gasteiger partial charge in [-0.15, -0.1) is 0 Å². The average Bonchev–Trinajstić information content (AvgIpc) is 3.51. The number of hydrazine groups is 1. The number of halogens is 1. The van der Waals surface area contributed by atoms with Crippen molar-refractivity contribution < 1.29 is 18.8 Å². The molecule has 198 valence electrons. The third-order valence-electron chi connectivity index (χ3n) is 7.30. The second-order valence-corrected chi connectivity index (χ2v) is 9.63. The average molecular weight is 533 g/mol. The number of amides is 3. The van der Waals surface area contributed by atoms with Crippen LogP contribution < -0.4 is 10.9 Å². The van der Waals surface area contributed by atoms with Crippen LogP contribution in [0.5, 0.6) is 0 Å². The number of aromatic amines is 1. The Morgan fingerprint density at radius 3 is 2.33 bits per heavy atom. The molecular formula is C32H25FN4O3. The van der Waals surface area contributed by atoms with E-state index >= 15 is 0 Å². The molecule has 7 nitrogen and oxygen atoms in total. The zero-order valence-electron chi connectivity index (χ0n) is 21.5. The lowest BCUT2D eigenvalue weighted by molar-refractivity contribution is -0.126. The largest absolute Gasteiger partial charge is 0.354 e. The Labute approximate surface area is 229 Å². The number of aromatic nitrogens is 1. The lowest BCUT2D eigenvalue weighted by Gasteiger charge is -2.31. The zero-order chi connectivity index (χ0) is 27.8. The van der Waals surface area contributed by atoms with Gasteiger partial charge in [-0.2, -0.15) is 0 Å². The number of benzene rings is 4. The van der Waals surface area contributed by atoms with Gasteiger partial charge in [0.15, 0.2) is 0 Å². The summed E-state index contributed by atoms with van der Waals surface area (Å²) in [5.41, 5.74) is 9.30. The first-order chi connectivity index (χ1) is 19.5. The van der Waals surface area contributed by atoms with E-state index in [1.165, 1.54) is 23.1 Å². The van der Waals surface area contributed by atoms with Gasteiger partial charge in [-0.05, 0) is 42.3 Å². The van der Waals surface area contributed by atoms with Crippen molar-refractivity contribution in [2.75, 3.05) is 0 Å². The summed E-state index contributed by atoms with van der Waals surface area (Å²) in [5, 5.41) is 0.932. The third kappa shape index (κ3) is 4.19. The van der Waals surface area contributed by atoms with Crippen molar-refractivity contribution in [3.05, 3.63) is 131 Å². The van der Waals surface area contributed by atoms with E-state index in [4.69, 9.17) is 0 Å². The second-order valence-electron chi connectivity index (χ2n) is 9.63. The molecule has 0 aliphatic carbocycles. The molecule has 1 aliphatic heterocycles. The summed E-state index contributed by atoms with van der Waals surface area (Å²) < 4.78 is 14.1. The Morgan fingerprint density at radius 1 is 0.850 bits per heavy atom. The molecule has 1 aromatic heterocycles. The lowest BCUT2D eigenvalue weighted by Crippen LogP contribution is -2.52. The molecule has 40 heavy (non-hydrogen) atoms. The van der Waals surface area contributed by atoms with E-state index in [0.717, 1.165) is 39.4 Å². The van der Waals surface area contributed by atoms with Gasteiger partial charge >= 0.3 is 0 Å². The van der Waals surface area contributed by atoms with Crippen LogP contribution in [0, 0.1) is 5.82 Å². The van der Waals surface area contributed by atoms with Crippen molar-refractivity contribution in [2.24, 2.45) is 0 Å². The minimum Gasteiger partial charge on any atom is -0.354 e. The van der Waals surface area contributed by atoms with Crippen LogP contribution in [0.3, 0.4) is 0 Å². The van der Waals surface area contributed by atoms with Crippen LogP contribution in [0.15, 0.2) is 103 Å². The highest BCUT2D eigenvalue weighted by atomic mass is 19.1. The quantitative estimate of drug-likeness (QED) is 0.266. The van der Waals surface area contributed by atoms with Gasteiger partial charge in [0.2, 0.25) is 0 Å². The molecular weight excluding hydrogens is 507 g/mol. The standard InChI is InChI=1S/C32H25FN4O3/c1-19(30(38)35-36-31(39)23-15-7-9-17-25(23)33)37-29(21-13-5-6-14-22(21)32(37)40)27-24-16-8-10-18-26(24)34-28(27)20-11-3-2-4-12-20/h2-19,29,34H,1H3,(H,35,38)(H,36,39). The summed E-state index contributed by atoms with van der Waals surface area (Å²) in [6, 6.07) is 28.9. The SMILES string of the molecule is CC(C(=O)NNC(=O)c1ccccc1F)N1C(=O)c2ccccc2C1c1c(-c2ccccc2)[nH]c2ccccc12. The Hall–Kier alpha value is -5.24. The summed E-state index contributed by atoms with van der Waals surface area (Å²) in [6.45, 7) is 1.61. The molecule has 3 amide bonds. The summed E-state index contributed by atoms with van der Waals surface area (Å²) in [6.07, 6.45) is 0. The molecule has 0 fully saturated rings. The minimum atomic E-state index is -0.983. The van der Waals surface area contributed by atoms with E-state index in [9.17, 15) is 18.8 Å². The number of carbonyl (C=O) groups is 3. The van der Waals surface area contributed by atoms with E-state index in [1.807, 2.05) is 66.7 Å². The number of hydrogen-bond acceptors (Lipinski definition) is 3. The van der Waals surface area contributed by atoms with Crippen molar-refractivity contribution in [1.29, 1.82) is 0 Å². The zero-order valence-corrected chi connectivity index (χ0v) is 21.5. The Bertz CT molecular complexity index is 1760. The molecule has 6 rings (SSSR count). The Morgan fingerprint density at radius 2 is 1.52 bits per heavy atom. The van der Waals surface area contributed by atoms with Crippen LogP contribution in [0.1, 0.15) is 44.8 Å². The molecule has 0 spiro atoms. The van der Waals surface area contributed by atoms with Gasteiger partial charge in [0.1, 0.15) is 11.9 Å². The second kappa shape index (κ2) is 10.1. The summed E-state index contributed by atoms with van der Waals surface area (Å²) in [7, 11) is 0. The fourth-order valence-electron chi connectivity index (χ4n) is 5.37. The topological polar surface area (TPSA) is 94.3 Å². The van der Waals surface area contributed by atoms with Crippen LogP contribution in [-0.2, 0) is 4.79 Å². The highest BCUT2D eigenvalue weighted by molar-refractivity contribution is 6.04. The van der Waals surface area contributed by atoms with Gasteiger partial charge in [-0.1, -0.05) is 78.9 Å². The molecule has 8 heteroatoms. The minimum absolute atomic E-state index is 0.204. The highest BCUT2D eigenvalue weighted by Crippen LogP contribution is 2.46. The highest BCUT2D eigenvalue weighted by Gasteiger charge is 2.44. The van der Waals surface area contributed by atoms with Gasteiger partial charge in [0.25, 0.3) is 17.7 Å². The first-order valence-electron chi connectivity index (χ1n) is 12.9. The molecule has 0 saturated heterocycles. The fourth-order valence-corrected chi connectivity index (χ4v) is 5.37. The molecule has 0 bridgehead atoms. The van der Waals surface area contributed by atoms with E-state index in [2.05, 4.69) is 15.8 Å². The number of nitrogens with one attached hydrogen (secondary N) is 3. The van der Waals surface area contributed by atoms with Gasteiger partial charge in [0.05, 0.1) is 17.3 Å². The Kier molecular flexibility index (Phi) is 6.36. The first-order valence-corrected chi connectivity index (χ1v) is 12.9. The van der Waals surface area contributed by atoms with Crippen LogP contribution in [0.2, 0.25) is 0 Å². The van der Waals surface area contributed by atoms with Crippen LogP contribution in [0.25, 0.3) is 22.2 Å². The predicted molar refractivity (Wildman–Crippen MR) is 150 cm³/mol. The van der Waals surface area contributed by atoms with Gasteiger partial charge in [0, 0.05) is 22.0 Å². The number of rotatable bonds is 5. The van der Waals surface area contributed by atoms with Gasteiger partial charge in [-0.3, -0.25) is 25.2 Å². The number of carbonyl (C=O) groups excluding carboxylic acids is 3. The van der Waals surface area contributed by atoms with E-state index in [1.54, 1.807) is 19.1 Å². The molecule has 0 saturated carbocycles. The Balaban J connectivity index is 1.40. The van der Waals surface area contributed by atoms with Crippen molar-refractivity contribution in [1.82, 2.24) is 20.7 Å². The molecule has 4 aromatic carbocycles. The molecule has 2 heterocycles. The van der Waals surface area contributed by atoms with Crippen molar-refractivity contribution >= 4 is 28.6 Å². The van der Waals surface area contributed by atoms with Crippen molar-refractivity contribution in [3.8, 4) is 11.3 Å². The molecule has 1 aliphatic rings. The lowest BCUT2D eigenvalue weighted by atomic mass is 9.92. The number of fused-ring (bicyclic) bond motifs is 2. The number of para-hydroxylation sites is 1. The maximum absolute atomic E-state index is 14.1.